The first-order valence-electron chi connectivity index (χ1n) is 7.27. The van der Waals surface area contributed by atoms with E-state index in [1.54, 1.807) is 0 Å². The Labute approximate surface area is 114 Å². The molecule has 0 saturated carbocycles. The molecule has 1 aromatic carbocycles. The van der Waals surface area contributed by atoms with Gasteiger partial charge < -0.3 is 10.6 Å². The summed E-state index contributed by atoms with van der Waals surface area (Å²) in [6.07, 6.45) is 2.89. The molecule has 102 valence electrons. The van der Waals surface area contributed by atoms with Crippen LogP contribution in [0.2, 0.25) is 0 Å². The highest BCUT2D eigenvalue weighted by molar-refractivity contribution is 5.99. The van der Waals surface area contributed by atoms with Crippen molar-refractivity contribution < 1.29 is 10.1 Å². The van der Waals surface area contributed by atoms with Gasteiger partial charge in [0.1, 0.15) is 0 Å². The Morgan fingerprint density at radius 2 is 2.21 bits per heavy atom. The Hall–Kier alpha value is -1.39. The number of fused-ring (bicyclic) bond motifs is 1. The number of hydrogen-bond acceptors (Lipinski definition) is 2. The van der Waals surface area contributed by atoms with Gasteiger partial charge in [-0.3, -0.25) is 9.69 Å². The predicted octanol–water partition coefficient (Wildman–Crippen LogP) is -0.00720. The highest BCUT2D eigenvalue weighted by Crippen LogP contribution is 2.26. The molecule has 1 aromatic rings. The van der Waals surface area contributed by atoms with Crippen LogP contribution in [0.5, 0.6) is 0 Å². The molecule has 3 rings (SSSR count). The van der Waals surface area contributed by atoms with Gasteiger partial charge in [-0.15, -0.1) is 0 Å². The quantitative estimate of drug-likeness (QED) is 0.803. The third-order valence-electron chi connectivity index (χ3n) is 4.11. The summed E-state index contributed by atoms with van der Waals surface area (Å²) < 4.78 is 0. The number of nitrogens with two attached hydrogens (primary N) is 1. The summed E-state index contributed by atoms with van der Waals surface area (Å²) in [4.78, 5) is 14.0. The van der Waals surface area contributed by atoms with Crippen LogP contribution in [0.3, 0.4) is 0 Å². The number of amides is 1. The van der Waals surface area contributed by atoms with Crippen molar-refractivity contribution in [3.8, 4) is 0 Å². The Morgan fingerprint density at radius 1 is 1.26 bits per heavy atom. The van der Waals surface area contributed by atoms with Crippen LogP contribution in [-0.2, 0) is 17.6 Å². The molecular formula is C15H22N3O+. The number of carbonyl (C=O) groups is 1. The Kier molecular flexibility index (Phi) is 3.80. The molecule has 1 fully saturated rings. The third kappa shape index (κ3) is 2.96. The average Bonchev–Trinajstić information content (AvgIpc) is 2.62. The van der Waals surface area contributed by atoms with Crippen molar-refractivity contribution in [1.29, 1.82) is 0 Å². The molecule has 1 amide bonds. The highest BCUT2D eigenvalue weighted by Gasteiger charge is 2.20. The lowest BCUT2D eigenvalue weighted by Gasteiger charge is -2.18. The second-order valence-electron chi connectivity index (χ2n) is 5.48. The van der Waals surface area contributed by atoms with Gasteiger partial charge in [-0.25, -0.2) is 0 Å². The van der Waals surface area contributed by atoms with Crippen LogP contribution >= 0.6 is 0 Å². The van der Waals surface area contributed by atoms with Crippen molar-refractivity contribution in [2.45, 2.75) is 19.3 Å². The van der Waals surface area contributed by atoms with E-state index in [2.05, 4.69) is 27.7 Å². The number of nitrogens with zero attached hydrogens (tertiary/aromatic N) is 1. The van der Waals surface area contributed by atoms with E-state index in [-0.39, 0.29) is 5.91 Å². The number of rotatable bonds is 3. The van der Waals surface area contributed by atoms with Crippen LogP contribution in [0.25, 0.3) is 0 Å². The zero-order chi connectivity index (χ0) is 13.1. The molecular weight excluding hydrogens is 238 g/mol. The summed E-state index contributed by atoms with van der Waals surface area (Å²) in [5, 5.41) is 5.33. The molecule has 19 heavy (non-hydrogen) atoms. The van der Waals surface area contributed by atoms with Crippen LogP contribution < -0.4 is 10.6 Å². The maximum Gasteiger partial charge on any atom is 0.228 e. The number of quaternary nitrogens is 1. The minimum atomic E-state index is 0.131. The van der Waals surface area contributed by atoms with E-state index in [0.29, 0.717) is 6.42 Å². The van der Waals surface area contributed by atoms with Gasteiger partial charge in [0.2, 0.25) is 5.91 Å². The summed E-state index contributed by atoms with van der Waals surface area (Å²) in [6.45, 7) is 5.98. The second-order valence-corrected chi connectivity index (χ2v) is 5.48. The van der Waals surface area contributed by atoms with Crippen LogP contribution in [0.15, 0.2) is 18.2 Å². The molecule has 0 aliphatic carbocycles. The highest BCUT2D eigenvalue weighted by atomic mass is 16.1. The summed E-state index contributed by atoms with van der Waals surface area (Å²) in [5.74, 6) is 0.131. The maximum atomic E-state index is 11.5. The van der Waals surface area contributed by atoms with Crippen molar-refractivity contribution in [3.05, 3.63) is 29.3 Å². The minimum absolute atomic E-state index is 0.131. The van der Waals surface area contributed by atoms with Gasteiger partial charge in [-0.05, 0) is 23.6 Å². The van der Waals surface area contributed by atoms with Crippen molar-refractivity contribution >= 4 is 11.6 Å². The molecule has 2 aliphatic rings. The van der Waals surface area contributed by atoms with Gasteiger partial charge in [-0.2, -0.15) is 0 Å². The van der Waals surface area contributed by atoms with Gasteiger partial charge in [0, 0.05) is 31.7 Å². The number of carbonyl (C=O) groups excluding carboxylic acids is 1. The molecule has 1 saturated heterocycles. The van der Waals surface area contributed by atoms with Crippen LogP contribution in [0.1, 0.15) is 17.5 Å². The number of benzene rings is 1. The number of hydrogen-bond donors (Lipinski definition) is 2. The van der Waals surface area contributed by atoms with Gasteiger partial charge in [0.25, 0.3) is 0 Å². The van der Waals surface area contributed by atoms with E-state index < -0.39 is 0 Å². The van der Waals surface area contributed by atoms with E-state index in [0.717, 1.165) is 18.7 Å². The average molecular weight is 260 g/mol. The lowest BCUT2D eigenvalue weighted by molar-refractivity contribution is -0.651. The van der Waals surface area contributed by atoms with Crippen molar-refractivity contribution in [2.75, 3.05) is 38.0 Å². The van der Waals surface area contributed by atoms with Crippen LogP contribution in [0, 0.1) is 0 Å². The molecule has 4 nitrogen and oxygen atoms in total. The molecule has 2 aliphatic heterocycles. The fourth-order valence-electron chi connectivity index (χ4n) is 3.04. The fourth-order valence-corrected chi connectivity index (χ4v) is 3.04. The minimum Gasteiger partial charge on any atom is -0.345 e. The first-order chi connectivity index (χ1) is 9.33. The Balaban J connectivity index is 1.64. The van der Waals surface area contributed by atoms with Gasteiger partial charge >= 0.3 is 0 Å². The molecule has 0 unspecified atom stereocenters. The Morgan fingerprint density at radius 3 is 3.16 bits per heavy atom. The lowest BCUT2D eigenvalue weighted by atomic mass is 10.0. The molecule has 2 heterocycles. The van der Waals surface area contributed by atoms with Crippen molar-refractivity contribution in [3.63, 3.8) is 0 Å². The van der Waals surface area contributed by atoms with E-state index >= 15 is 0 Å². The normalized spacial score (nSPS) is 19.9. The monoisotopic (exact) mass is 260 g/mol. The predicted molar refractivity (Wildman–Crippen MR) is 75.2 cm³/mol. The van der Waals surface area contributed by atoms with E-state index in [9.17, 15) is 4.79 Å². The summed E-state index contributed by atoms with van der Waals surface area (Å²) in [6, 6.07) is 6.23. The van der Waals surface area contributed by atoms with E-state index in [1.807, 2.05) is 6.07 Å². The first-order valence-corrected chi connectivity index (χ1v) is 7.27. The summed E-state index contributed by atoms with van der Waals surface area (Å²) in [5.41, 5.74) is 3.57. The molecule has 0 radical (unpaired) electrons. The molecule has 0 aromatic heterocycles. The second kappa shape index (κ2) is 5.72. The van der Waals surface area contributed by atoms with Crippen LogP contribution in [-0.4, -0.2) is 43.5 Å². The summed E-state index contributed by atoms with van der Waals surface area (Å²) in [7, 11) is 0. The molecule has 3 N–H and O–H groups in total. The lowest BCUT2D eigenvalue weighted by Crippen LogP contribution is -2.84. The van der Waals surface area contributed by atoms with Gasteiger partial charge in [0.05, 0.1) is 19.5 Å². The largest absolute Gasteiger partial charge is 0.345 e. The zero-order valence-corrected chi connectivity index (χ0v) is 11.3. The van der Waals surface area contributed by atoms with Crippen molar-refractivity contribution in [2.24, 2.45) is 0 Å². The molecule has 0 spiro atoms. The number of nitrogens with one attached hydrogen (secondary N) is 1. The maximum absolute atomic E-state index is 11.5. The summed E-state index contributed by atoms with van der Waals surface area (Å²) >= 11 is 0. The topological polar surface area (TPSA) is 49.0 Å². The third-order valence-corrected chi connectivity index (χ3v) is 4.11. The SMILES string of the molecule is O=C1Cc2c(CCN3CCC[NH2+]CC3)cccc2N1. The molecule has 0 atom stereocenters. The number of anilines is 1. The van der Waals surface area contributed by atoms with Crippen LogP contribution in [0.4, 0.5) is 5.69 Å². The van der Waals surface area contributed by atoms with E-state index in [4.69, 9.17) is 0 Å². The molecule has 0 bridgehead atoms. The van der Waals surface area contributed by atoms with Gasteiger partial charge in [0.15, 0.2) is 0 Å². The smallest absolute Gasteiger partial charge is 0.228 e. The standard InChI is InChI=1S/C15H21N3O/c19-15-11-13-12(3-1-4-14(13)17-15)5-9-18-8-2-6-16-7-10-18/h1,3-4,16H,2,5-11H2,(H,17,19)/p+1. The van der Waals surface area contributed by atoms with Gasteiger partial charge in [-0.1, -0.05) is 12.1 Å². The molecule has 4 heteroatoms. The van der Waals surface area contributed by atoms with E-state index in [1.165, 1.54) is 43.7 Å². The Bertz CT molecular complexity index is 464. The van der Waals surface area contributed by atoms with Crippen molar-refractivity contribution in [1.82, 2.24) is 4.90 Å². The first kappa shape index (κ1) is 12.6. The fraction of sp³-hybridized carbons (Fsp3) is 0.533. The zero-order valence-electron chi connectivity index (χ0n) is 11.3.